The van der Waals surface area contributed by atoms with E-state index in [0.717, 1.165) is 5.57 Å². The molecule has 0 saturated heterocycles. The van der Waals surface area contributed by atoms with Crippen LogP contribution in [0.3, 0.4) is 0 Å². The van der Waals surface area contributed by atoms with Crippen molar-refractivity contribution in [3.8, 4) is 23.1 Å². The molecule has 22 heavy (non-hydrogen) atoms. The highest BCUT2D eigenvalue weighted by atomic mass is 32.2. The molecule has 0 atom stereocenters. The largest absolute Gasteiger partial charge is 0.489 e. The van der Waals surface area contributed by atoms with Gasteiger partial charge in [0.15, 0.2) is 5.16 Å². The molecule has 0 aliphatic rings. The van der Waals surface area contributed by atoms with Crippen LogP contribution in [0.1, 0.15) is 12.5 Å². The van der Waals surface area contributed by atoms with Crippen LogP contribution in [0.5, 0.6) is 5.75 Å². The van der Waals surface area contributed by atoms with Crippen LogP contribution in [0.25, 0.3) is 11.3 Å². The van der Waals surface area contributed by atoms with E-state index < -0.39 is 5.56 Å². The third kappa shape index (κ3) is 3.57. The van der Waals surface area contributed by atoms with E-state index in [1.807, 2.05) is 13.0 Å². The lowest BCUT2D eigenvalue weighted by Gasteiger charge is -2.09. The van der Waals surface area contributed by atoms with Crippen LogP contribution in [0.4, 0.5) is 0 Å². The number of hydrogen-bond donors (Lipinski definition) is 1. The molecule has 0 saturated carbocycles. The molecule has 2 rings (SSSR count). The lowest BCUT2D eigenvalue weighted by Crippen LogP contribution is -2.14. The molecule has 0 aliphatic carbocycles. The fourth-order valence-electron chi connectivity index (χ4n) is 1.80. The molecule has 1 aromatic heterocycles. The van der Waals surface area contributed by atoms with E-state index in [9.17, 15) is 10.1 Å². The minimum absolute atomic E-state index is 0.00477. The number of ether oxygens (including phenoxy) is 1. The van der Waals surface area contributed by atoms with Gasteiger partial charge in [0.25, 0.3) is 5.56 Å². The molecule has 1 N–H and O–H groups in total. The Hall–Kier alpha value is -2.52. The van der Waals surface area contributed by atoms with Crippen molar-refractivity contribution in [1.29, 1.82) is 5.26 Å². The van der Waals surface area contributed by atoms with E-state index in [2.05, 4.69) is 16.5 Å². The summed E-state index contributed by atoms with van der Waals surface area (Å²) < 4.78 is 5.59. The van der Waals surface area contributed by atoms with Crippen LogP contribution < -0.4 is 10.3 Å². The van der Waals surface area contributed by atoms with Gasteiger partial charge in [-0.05, 0) is 30.9 Å². The quantitative estimate of drug-likeness (QED) is 0.521. The van der Waals surface area contributed by atoms with Crippen molar-refractivity contribution in [2.24, 2.45) is 0 Å². The standard InChI is InChI=1S/C16H15N3O2S/c1-10(2)9-21-12-6-4-5-11(7-12)14-13(8-17)15(20)19-16(18-14)22-3/h4-7H,1,9H2,2-3H3,(H,18,19,20). The van der Waals surface area contributed by atoms with E-state index in [4.69, 9.17) is 4.74 Å². The van der Waals surface area contributed by atoms with Crippen LogP contribution in [0.15, 0.2) is 46.4 Å². The van der Waals surface area contributed by atoms with E-state index in [1.165, 1.54) is 11.8 Å². The van der Waals surface area contributed by atoms with Crippen LogP contribution in [-0.2, 0) is 0 Å². The third-order valence-electron chi connectivity index (χ3n) is 2.80. The number of H-pyrrole nitrogens is 1. The molecular weight excluding hydrogens is 298 g/mol. The van der Waals surface area contributed by atoms with Crippen LogP contribution >= 0.6 is 11.8 Å². The van der Waals surface area contributed by atoms with Gasteiger partial charge in [0.05, 0.1) is 5.69 Å². The van der Waals surface area contributed by atoms with Crippen LogP contribution in [0, 0.1) is 11.3 Å². The highest BCUT2D eigenvalue weighted by molar-refractivity contribution is 7.98. The number of hydrogen-bond acceptors (Lipinski definition) is 5. The molecule has 0 aliphatic heterocycles. The van der Waals surface area contributed by atoms with Crippen molar-refractivity contribution < 1.29 is 4.74 Å². The Kier molecular flexibility index (Phi) is 5.02. The van der Waals surface area contributed by atoms with Crippen molar-refractivity contribution in [2.45, 2.75) is 12.1 Å². The topological polar surface area (TPSA) is 78.8 Å². The van der Waals surface area contributed by atoms with Gasteiger partial charge in [-0.2, -0.15) is 5.26 Å². The summed E-state index contributed by atoms with van der Waals surface area (Å²) >= 11 is 1.31. The smallest absolute Gasteiger partial charge is 0.270 e. The lowest BCUT2D eigenvalue weighted by molar-refractivity contribution is 0.353. The molecule has 1 heterocycles. The van der Waals surface area contributed by atoms with Gasteiger partial charge < -0.3 is 9.72 Å². The SMILES string of the molecule is C=C(C)COc1cccc(-c2nc(SC)[nH]c(=O)c2C#N)c1. The van der Waals surface area contributed by atoms with Gasteiger partial charge in [-0.25, -0.2) is 4.98 Å². The first-order valence-corrected chi connectivity index (χ1v) is 7.73. The highest BCUT2D eigenvalue weighted by Gasteiger charge is 2.13. The van der Waals surface area contributed by atoms with E-state index in [-0.39, 0.29) is 5.56 Å². The predicted molar refractivity (Wildman–Crippen MR) is 87.1 cm³/mol. The van der Waals surface area contributed by atoms with E-state index >= 15 is 0 Å². The third-order valence-corrected chi connectivity index (χ3v) is 3.38. The molecule has 0 bridgehead atoms. The molecule has 5 nitrogen and oxygen atoms in total. The predicted octanol–water partition coefficient (Wildman–Crippen LogP) is 2.99. The van der Waals surface area contributed by atoms with E-state index in [1.54, 1.807) is 30.5 Å². The van der Waals surface area contributed by atoms with Crippen LogP contribution in [-0.4, -0.2) is 22.8 Å². The fraction of sp³-hybridized carbons (Fsp3) is 0.188. The van der Waals surface area contributed by atoms with Crippen molar-refractivity contribution in [1.82, 2.24) is 9.97 Å². The molecule has 0 radical (unpaired) electrons. The minimum atomic E-state index is -0.440. The second kappa shape index (κ2) is 6.96. The molecular formula is C16H15N3O2S. The summed E-state index contributed by atoms with van der Waals surface area (Å²) in [6.45, 7) is 6.07. The monoisotopic (exact) mass is 313 g/mol. The van der Waals surface area contributed by atoms with Gasteiger partial charge in [0.1, 0.15) is 24.0 Å². The summed E-state index contributed by atoms with van der Waals surface area (Å²) in [6, 6.07) is 9.07. The van der Waals surface area contributed by atoms with Gasteiger partial charge >= 0.3 is 0 Å². The van der Waals surface area contributed by atoms with Gasteiger partial charge in [-0.3, -0.25) is 4.79 Å². The van der Waals surface area contributed by atoms with Gasteiger partial charge in [-0.15, -0.1) is 0 Å². The fourth-order valence-corrected chi connectivity index (χ4v) is 2.18. The molecule has 6 heteroatoms. The van der Waals surface area contributed by atoms with E-state index in [0.29, 0.717) is 28.8 Å². The number of thioether (sulfide) groups is 1. The molecule has 112 valence electrons. The zero-order chi connectivity index (χ0) is 16.1. The molecule has 1 aromatic carbocycles. The first kappa shape index (κ1) is 15.9. The maximum Gasteiger partial charge on any atom is 0.270 e. The Morgan fingerprint density at radius 3 is 2.95 bits per heavy atom. The van der Waals surface area contributed by atoms with Crippen LogP contribution in [0.2, 0.25) is 0 Å². The normalized spacial score (nSPS) is 10.0. The zero-order valence-electron chi connectivity index (χ0n) is 12.3. The number of nitrogens with zero attached hydrogens (tertiary/aromatic N) is 2. The number of aromatic nitrogens is 2. The first-order valence-electron chi connectivity index (χ1n) is 6.51. The zero-order valence-corrected chi connectivity index (χ0v) is 13.2. The molecule has 0 unspecified atom stereocenters. The Bertz CT molecular complexity index is 806. The average Bonchev–Trinajstić information content (AvgIpc) is 2.52. The first-order chi connectivity index (χ1) is 10.5. The number of aromatic amines is 1. The molecule has 0 spiro atoms. The van der Waals surface area contributed by atoms with Gasteiger partial charge in [-0.1, -0.05) is 30.5 Å². The molecule has 0 amide bonds. The highest BCUT2D eigenvalue weighted by Crippen LogP contribution is 2.25. The summed E-state index contributed by atoms with van der Waals surface area (Å²) in [4.78, 5) is 18.9. The lowest BCUT2D eigenvalue weighted by atomic mass is 10.1. The number of nitrogens with one attached hydrogen (secondary N) is 1. The Balaban J connectivity index is 2.50. The minimum Gasteiger partial charge on any atom is -0.489 e. The van der Waals surface area contributed by atoms with Gasteiger partial charge in [0, 0.05) is 5.56 Å². The Labute approximate surface area is 132 Å². The van der Waals surface area contributed by atoms with Crippen molar-refractivity contribution in [2.75, 3.05) is 12.9 Å². The maximum atomic E-state index is 11.9. The summed E-state index contributed by atoms with van der Waals surface area (Å²) in [6.07, 6.45) is 1.81. The summed E-state index contributed by atoms with van der Waals surface area (Å²) in [5.41, 5.74) is 1.48. The molecule has 0 fully saturated rings. The van der Waals surface area contributed by atoms with Gasteiger partial charge in [0.2, 0.25) is 0 Å². The summed E-state index contributed by atoms with van der Waals surface area (Å²) in [7, 11) is 0. The average molecular weight is 313 g/mol. The number of benzene rings is 1. The Morgan fingerprint density at radius 2 is 2.32 bits per heavy atom. The Morgan fingerprint density at radius 1 is 1.55 bits per heavy atom. The van der Waals surface area contributed by atoms with Crippen molar-refractivity contribution in [3.63, 3.8) is 0 Å². The number of nitriles is 1. The van der Waals surface area contributed by atoms with Crippen molar-refractivity contribution in [3.05, 3.63) is 52.3 Å². The van der Waals surface area contributed by atoms with Crippen molar-refractivity contribution >= 4 is 11.8 Å². The summed E-state index contributed by atoms with van der Waals surface area (Å²) in [5.74, 6) is 0.636. The second-order valence-corrected chi connectivity index (χ2v) is 5.48. The summed E-state index contributed by atoms with van der Waals surface area (Å²) in [5, 5.41) is 9.68. The molecule has 2 aromatic rings. The number of rotatable bonds is 5. The maximum absolute atomic E-state index is 11.9. The second-order valence-electron chi connectivity index (χ2n) is 4.68.